The molecule has 0 saturated carbocycles. The summed E-state index contributed by atoms with van der Waals surface area (Å²) in [4.78, 5) is 13.7. The van der Waals surface area contributed by atoms with Crippen LogP contribution in [0.25, 0.3) is 0 Å². The molecule has 2 N–H and O–H groups in total. The van der Waals surface area contributed by atoms with E-state index in [-0.39, 0.29) is 11.3 Å². The number of hydrogen-bond acceptors (Lipinski definition) is 2. The van der Waals surface area contributed by atoms with E-state index in [0.29, 0.717) is 6.54 Å². The SMILES string of the molecule is CN(Cc1ccc(C(C)(C)C)cc1)C(=O)C(C)(C)N. The molecule has 3 nitrogen and oxygen atoms in total. The summed E-state index contributed by atoms with van der Waals surface area (Å²) >= 11 is 0. The fourth-order valence-corrected chi connectivity index (χ4v) is 1.95. The van der Waals surface area contributed by atoms with Crippen LogP contribution in [0.1, 0.15) is 45.7 Å². The standard InChI is InChI=1S/C16H26N2O/c1-15(2,3)13-9-7-12(8-10-13)11-18(6)14(19)16(4,5)17/h7-10H,11,17H2,1-6H3. The van der Waals surface area contributed by atoms with Crippen molar-refractivity contribution in [3.8, 4) is 0 Å². The smallest absolute Gasteiger partial charge is 0.242 e. The first kappa shape index (κ1) is 15.7. The van der Waals surface area contributed by atoms with E-state index in [2.05, 4.69) is 45.0 Å². The maximum atomic E-state index is 12.0. The van der Waals surface area contributed by atoms with Gasteiger partial charge in [-0.05, 0) is 30.4 Å². The molecule has 0 saturated heterocycles. The van der Waals surface area contributed by atoms with Crippen molar-refractivity contribution < 1.29 is 4.79 Å². The average molecular weight is 262 g/mol. The van der Waals surface area contributed by atoms with Crippen LogP contribution in [0.15, 0.2) is 24.3 Å². The van der Waals surface area contributed by atoms with E-state index < -0.39 is 5.54 Å². The van der Waals surface area contributed by atoms with Gasteiger partial charge in [-0.25, -0.2) is 0 Å². The second kappa shape index (κ2) is 5.33. The molecule has 106 valence electrons. The minimum absolute atomic E-state index is 0.0487. The zero-order valence-corrected chi connectivity index (χ0v) is 12.9. The van der Waals surface area contributed by atoms with Gasteiger partial charge in [-0.3, -0.25) is 4.79 Å². The van der Waals surface area contributed by atoms with E-state index in [4.69, 9.17) is 5.73 Å². The quantitative estimate of drug-likeness (QED) is 0.910. The summed E-state index contributed by atoms with van der Waals surface area (Å²) in [6.45, 7) is 10.6. The molecular weight excluding hydrogens is 236 g/mol. The molecule has 0 aliphatic heterocycles. The molecule has 19 heavy (non-hydrogen) atoms. The molecule has 0 aromatic heterocycles. The van der Waals surface area contributed by atoms with Gasteiger partial charge in [0.05, 0.1) is 5.54 Å². The Bertz CT molecular complexity index is 435. The highest BCUT2D eigenvalue weighted by Crippen LogP contribution is 2.22. The number of likely N-dealkylation sites (N-methyl/N-ethyl adjacent to an activating group) is 1. The third-order valence-corrected chi connectivity index (χ3v) is 3.14. The van der Waals surface area contributed by atoms with E-state index in [1.54, 1.807) is 25.8 Å². The van der Waals surface area contributed by atoms with Gasteiger partial charge in [0.15, 0.2) is 0 Å². The molecule has 0 unspecified atom stereocenters. The number of benzene rings is 1. The van der Waals surface area contributed by atoms with E-state index in [0.717, 1.165) is 5.56 Å². The highest BCUT2D eigenvalue weighted by atomic mass is 16.2. The number of carbonyl (C=O) groups is 1. The van der Waals surface area contributed by atoms with E-state index in [9.17, 15) is 4.79 Å². The molecule has 0 atom stereocenters. The normalized spacial score (nSPS) is 12.4. The molecular formula is C16H26N2O. The van der Waals surface area contributed by atoms with E-state index in [1.807, 2.05) is 0 Å². The van der Waals surface area contributed by atoms with E-state index in [1.165, 1.54) is 5.56 Å². The van der Waals surface area contributed by atoms with Crippen molar-refractivity contribution in [2.24, 2.45) is 5.73 Å². The second-order valence-corrected chi connectivity index (χ2v) is 6.83. The number of rotatable bonds is 3. The van der Waals surface area contributed by atoms with Crippen molar-refractivity contribution in [1.29, 1.82) is 0 Å². The van der Waals surface area contributed by atoms with Gasteiger partial charge in [-0.1, -0.05) is 45.0 Å². The first-order chi connectivity index (χ1) is 8.51. The Balaban J connectivity index is 2.77. The maximum Gasteiger partial charge on any atom is 0.242 e. The van der Waals surface area contributed by atoms with Gasteiger partial charge in [-0.2, -0.15) is 0 Å². The van der Waals surface area contributed by atoms with Crippen molar-refractivity contribution in [2.75, 3.05) is 7.05 Å². The predicted molar refractivity (Wildman–Crippen MR) is 79.9 cm³/mol. The van der Waals surface area contributed by atoms with Crippen LogP contribution in [-0.4, -0.2) is 23.4 Å². The summed E-state index contributed by atoms with van der Waals surface area (Å²) in [6, 6.07) is 8.41. The lowest BCUT2D eigenvalue weighted by Gasteiger charge is -2.26. The fourth-order valence-electron chi connectivity index (χ4n) is 1.95. The molecule has 0 fully saturated rings. The van der Waals surface area contributed by atoms with Gasteiger partial charge < -0.3 is 10.6 Å². The average Bonchev–Trinajstić information content (AvgIpc) is 2.26. The number of nitrogens with two attached hydrogens (primary N) is 1. The summed E-state index contributed by atoms with van der Waals surface area (Å²) in [5.41, 5.74) is 7.57. The number of amides is 1. The molecule has 0 aliphatic rings. The molecule has 0 aliphatic carbocycles. The van der Waals surface area contributed by atoms with Gasteiger partial charge in [-0.15, -0.1) is 0 Å². The van der Waals surface area contributed by atoms with Gasteiger partial charge in [0, 0.05) is 13.6 Å². The Morgan fingerprint density at radius 3 is 1.95 bits per heavy atom. The third-order valence-electron chi connectivity index (χ3n) is 3.14. The number of carbonyl (C=O) groups excluding carboxylic acids is 1. The Hall–Kier alpha value is -1.35. The summed E-state index contributed by atoms with van der Waals surface area (Å²) in [5.74, 6) is -0.0487. The molecule has 3 heteroatoms. The topological polar surface area (TPSA) is 46.3 Å². The van der Waals surface area contributed by atoms with Crippen molar-refractivity contribution in [2.45, 2.75) is 52.1 Å². The molecule has 0 bridgehead atoms. The molecule has 1 amide bonds. The summed E-state index contributed by atoms with van der Waals surface area (Å²) < 4.78 is 0. The van der Waals surface area contributed by atoms with Crippen LogP contribution in [0.4, 0.5) is 0 Å². The van der Waals surface area contributed by atoms with Gasteiger partial charge >= 0.3 is 0 Å². The first-order valence-corrected chi connectivity index (χ1v) is 6.65. The van der Waals surface area contributed by atoms with Gasteiger partial charge in [0.2, 0.25) is 5.91 Å². The minimum Gasteiger partial charge on any atom is -0.340 e. The van der Waals surface area contributed by atoms with Crippen LogP contribution in [-0.2, 0) is 16.8 Å². The minimum atomic E-state index is -0.819. The van der Waals surface area contributed by atoms with Crippen molar-refractivity contribution in [1.82, 2.24) is 4.90 Å². The Labute approximate surface area is 116 Å². The zero-order valence-electron chi connectivity index (χ0n) is 12.9. The summed E-state index contributed by atoms with van der Waals surface area (Å²) in [7, 11) is 1.79. The zero-order chi connectivity index (χ0) is 14.8. The fraction of sp³-hybridized carbons (Fsp3) is 0.562. The monoisotopic (exact) mass is 262 g/mol. The van der Waals surface area contributed by atoms with E-state index >= 15 is 0 Å². The van der Waals surface area contributed by atoms with Crippen molar-refractivity contribution >= 4 is 5.91 Å². The van der Waals surface area contributed by atoms with Gasteiger partial charge in [0.1, 0.15) is 0 Å². The number of hydrogen-bond donors (Lipinski definition) is 1. The predicted octanol–water partition coefficient (Wildman–Crippen LogP) is 2.68. The van der Waals surface area contributed by atoms with Crippen LogP contribution in [0.3, 0.4) is 0 Å². The third kappa shape index (κ3) is 4.35. The lowest BCUT2D eigenvalue weighted by atomic mass is 9.87. The Morgan fingerprint density at radius 2 is 1.58 bits per heavy atom. The van der Waals surface area contributed by atoms with Crippen LogP contribution in [0, 0.1) is 0 Å². The summed E-state index contributed by atoms with van der Waals surface area (Å²) in [6.07, 6.45) is 0. The first-order valence-electron chi connectivity index (χ1n) is 6.65. The molecule has 1 aromatic rings. The molecule has 1 rings (SSSR count). The molecule has 0 spiro atoms. The Morgan fingerprint density at radius 1 is 1.11 bits per heavy atom. The molecule has 0 heterocycles. The van der Waals surface area contributed by atoms with Crippen LogP contribution in [0.5, 0.6) is 0 Å². The second-order valence-electron chi connectivity index (χ2n) is 6.83. The van der Waals surface area contributed by atoms with Crippen molar-refractivity contribution in [3.63, 3.8) is 0 Å². The maximum absolute atomic E-state index is 12.0. The highest BCUT2D eigenvalue weighted by molar-refractivity contribution is 5.84. The van der Waals surface area contributed by atoms with Crippen LogP contribution in [0.2, 0.25) is 0 Å². The number of nitrogens with zero attached hydrogens (tertiary/aromatic N) is 1. The summed E-state index contributed by atoms with van der Waals surface area (Å²) in [5, 5.41) is 0. The highest BCUT2D eigenvalue weighted by Gasteiger charge is 2.25. The molecule has 0 radical (unpaired) electrons. The Kier molecular flexibility index (Phi) is 4.41. The van der Waals surface area contributed by atoms with Crippen LogP contribution >= 0.6 is 0 Å². The lowest BCUT2D eigenvalue weighted by Crippen LogP contribution is -2.49. The van der Waals surface area contributed by atoms with Gasteiger partial charge in [0.25, 0.3) is 0 Å². The van der Waals surface area contributed by atoms with Crippen LogP contribution < -0.4 is 5.73 Å². The molecule has 1 aromatic carbocycles. The largest absolute Gasteiger partial charge is 0.340 e. The van der Waals surface area contributed by atoms with Crippen molar-refractivity contribution in [3.05, 3.63) is 35.4 Å². The lowest BCUT2D eigenvalue weighted by molar-refractivity contribution is -0.134.